The molecule has 2 unspecified atom stereocenters. The maximum atomic E-state index is 13.7. The summed E-state index contributed by atoms with van der Waals surface area (Å²) in [6.45, 7) is 10.6. The molecule has 61 heavy (non-hydrogen) atoms. The molecule has 15 heteroatoms. The van der Waals surface area contributed by atoms with Crippen LogP contribution in [0.15, 0.2) is 98.7 Å². The Morgan fingerprint density at radius 1 is 0.738 bits per heavy atom. The average Bonchev–Trinajstić information content (AvgIpc) is 3.96. The van der Waals surface area contributed by atoms with E-state index in [0.29, 0.717) is 69.6 Å². The van der Waals surface area contributed by atoms with E-state index in [9.17, 15) is 4.39 Å². The number of nitrogens with zero attached hydrogens (tertiary/aromatic N) is 6. The van der Waals surface area contributed by atoms with Gasteiger partial charge in [-0.05, 0) is 113 Å². The molecule has 0 aliphatic heterocycles. The van der Waals surface area contributed by atoms with Crippen molar-refractivity contribution < 1.29 is 32.0 Å². The fourth-order valence-electron chi connectivity index (χ4n) is 7.09. The van der Waals surface area contributed by atoms with Gasteiger partial charge in [-0.2, -0.15) is 0 Å². The predicted molar refractivity (Wildman–Crippen MR) is 233 cm³/mol. The monoisotopic (exact) mass is 838 g/mol. The van der Waals surface area contributed by atoms with Gasteiger partial charge in [0.2, 0.25) is 18.5 Å². The van der Waals surface area contributed by atoms with E-state index in [2.05, 4.69) is 32.0 Å². The van der Waals surface area contributed by atoms with Gasteiger partial charge in [0.05, 0.1) is 18.5 Å². The fraction of sp³-hybridized carbons (Fsp3) is 0.413. The molecule has 326 valence electrons. The van der Waals surface area contributed by atoms with Crippen molar-refractivity contribution in [3.63, 3.8) is 0 Å². The molecule has 3 aromatic heterocycles. The third kappa shape index (κ3) is 12.8. The molecular formula is C46H61FN9O5+. The quantitative estimate of drug-likeness (QED) is 0.0648. The van der Waals surface area contributed by atoms with Crippen molar-refractivity contribution in [3.05, 3.63) is 114 Å². The summed E-state index contributed by atoms with van der Waals surface area (Å²) >= 11 is 0. The van der Waals surface area contributed by atoms with Gasteiger partial charge in [0.25, 0.3) is 0 Å². The van der Waals surface area contributed by atoms with E-state index >= 15 is 0 Å². The van der Waals surface area contributed by atoms with Crippen LogP contribution in [-0.4, -0.2) is 104 Å². The second-order valence-corrected chi connectivity index (χ2v) is 15.7. The number of aromatic nitrogens is 3. The lowest BCUT2D eigenvalue weighted by Gasteiger charge is -2.15. The van der Waals surface area contributed by atoms with Gasteiger partial charge in [-0.25, -0.2) is 18.9 Å². The van der Waals surface area contributed by atoms with Crippen LogP contribution in [0.5, 0.6) is 11.5 Å². The highest BCUT2D eigenvalue weighted by molar-refractivity contribution is 5.64. The van der Waals surface area contributed by atoms with Gasteiger partial charge >= 0.3 is 0 Å². The van der Waals surface area contributed by atoms with Crippen LogP contribution in [-0.2, 0) is 32.6 Å². The summed E-state index contributed by atoms with van der Waals surface area (Å²) in [4.78, 5) is 15.8. The molecule has 0 radical (unpaired) electrons. The van der Waals surface area contributed by atoms with Crippen LogP contribution in [0.4, 0.5) is 4.39 Å². The minimum Gasteiger partial charge on any atom is -0.490 e. The van der Waals surface area contributed by atoms with Gasteiger partial charge < -0.3 is 35.1 Å². The topological polar surface area (TPSA) is 161 Å². The minimum atomic E-state index is -0.286. The highest BCUT2D eigenvalue weighted by Crippen LogP contribution is 2.31. The van der Waals surface area contributed by atoms with Gasteiger partial charge in [0, 0.05) is 63.5 Å². The van der Waals surface area contributed by atoms with Crippen molar-refractivity contribution in [1.29, 1.82) is 0 Å². The van der Waals surface area contributed by atoms with E-state index in [1.54, 1.807) is 16.9 Å². The largest absolute Gasteiger partial charge is 0.490 e. The molecule has 14 nitrogen and oxygen atoms in total. The van der Waals surface area contributed by atoms with Crippen LogP contribution >= 0.6 is 0 Å². The molecule has 6 rings (SSSR count). The number of ether oxygens (including phenoxy) is 2. The Balaban J connectivity index is 1.10. The first-order chi connectivity index (χ1) is 29.5. The Labute approximate surface area is 358 Å². The van der Waals surface area contributed by atoms with Crippen molar-refractivity contribution in [2.45, 2.75) is 58.7 Å². The third-order valence-electron chi connectivity index (χ3n) is 10.2. The SMILES string of the molecule is CNCCN(C)Cc1ncoc1-c1ccc(OC(C)Cc2nc(CN(C)CCN)c(-c3ccc(OC(C)C[n+]4cc(-c5ccc(F)cc5)c(CN(C)CCN)o4)cc3)o2)cc1. The highest BCUT2D eigenvalue weighted by Gasteiger charge is 2.24. The molecule has 0 aliphatic carbocycles. The predicted octanol–water partition coefficient (Wildman–Crippen LogP) is 5.59. The van der Waals surface area contributed by atoms with Crippen LogP contribution < -0.4 is 31.0 Å². The lowest BCUT2D eigenvalue weighted by molar-refractivity contribution is -0.867. The van der Waals surface area contributed by atoms with Gasteiger partial charge in [-0.15, -0.1) is 0 Å². The summed E-state index contributed by atoms with van der Waals surface area (Å²) in [7, 11) is 8.02. The molecule has 5 N–H and O–H groups in total. The number of benzene rings is 3. The van der Waals surface area contributed by atoms with Crippen molar-refractivity contribution in [2.24, 2.45) is 11.5 Å². The standard InChI is InChI=1S/C46H61FN9O5/c1-32(58-38-15-9-35(10-16-38)45-41(51-31-57-45)28-55(6)24-21-50-3)25-44-52-42(29-53(4)22-19-48)46(60-44)36-11-17-39(18-12-36)59-33(2)26-56-27-40(34-7-13-37(47)14-8-34)43(61-56)30-54(5)23-20-49/h7-18,27,31-33,50H,19-26,28-30,48-49H2,1-6H3/q+1. The summed E-state index contributed by atoms with van der Waals surface area (Å²) in [6.07, 6.45) is 3.46. The Morgan fingerprint density at radius 3 is 1.95 bits per heavy atom. The Kier molecular flexibility index (Phi) is 16.2. The number of likely N-dealkylation sites (N-methyl/N-ethyl adjacent to an activating group) is 4. The van der Waals surface area contributed by atoms with E-state index in [1.807, 2.05) is 89.7 Å². The molecule has 3 aromatic carbocycles. The lowest BCUT2D eigenvalue weighted by atomic mass is 10.1. The van der Waals surface area contributed by atoms with E-state index in [-0.39, 0.29) is 18.0 Å². The summed E-state index contributed by atoms with van der Waals surface area (Å²) < 4.78 is 46.7. The number of oxazole rings is 2. The molecule has 0 spiro atoms. The number of rotatable bonds is 24. The van der Waals surface area contributed by atoms with Crippen LogP contribution in [0, 0.1) is 5.82 Å². The van der Waals surface area contributed by atoms with E-state index < -0.39 is 0 Å². The van der Waals surface area contributed by atoms with Crippen molar-refractivity contribution in [2.75, 3.05) is 67.5 Å². The Hall–Kier alpha value is -5.42. The molecule has 0 aliphatic rings. The smallest absolute Gasteiger partial charge is 0.229 e. The lowest BCUT2D eigenvalue weighted by Crippen LogP contribution is -2.39. The molecule has 0 saturated heterocycles. The van der Waals surface area contributed by atoms with E-state index in [1.165, 1.54) is 18.5 Å². The molecule has 6 aromatic rings. The number of hydrogen-bond acceptors (Lipinski definition) is 13. The maximum Gasteiger partial charge on any atom is 0.229 e. The Morgan fingerprint density at radius 2 is 1.31 bits per heavy atom. The molecule has 0 saturated carbocycles. The second-order valence-electron chi connectivity index (χ2n) is 15.7. The average molecular weight is 839 g/mol. The zero-order valence-corrected chi connectivity index (χ0v) is 36.3. The van der Waals surface area contributed by atoms with Gasteiger partial charge in [0.15, 0.2) is 29.9 Å². The molecular weight excluding hydrogens is 778 g/mol. The number of halogens is 1. The van der Waals surface area contributed by atoms with E-state index in [4.69, 9.17) is 39.3 Å². The Bertz CT molecular complexity index is 2220. The molecule has 0 amide bonds. The zero-order chi connectivity index (χ0) is 43.3. The summed E-state index contributed by atoms with van der Waals surface area (Å²) in [5, 5.41) is 3.18. The molecule has 3 heterocycles. The maximum absolute atomic E-state index is 13.7. The van der Waals surface area contributed by atoms with Gasteiger partial charge in [0.1, 0.15) is 34.8 Å². The molecule has 2 atom stereocenters. The zero-order valence-electron chi connectivity index (χ0n) is 36.3. The number of nitrogens with two attached hydrogens (primary N) is 2. The van der Waals surface area contributed by atoms with Crippen molar-refractivity contribution in [1.82, 2.24) is 30.0 Å². The molecule has 0 bridgehead atoms. The van der Waals surface area contributed by atoms with Crippen LogP contribution in [0.1, 0.15) is 36.9 Å². The minimum absolute atomic E-state index is 0.215. The summed E-state index contributed by atoms with van der Waals surface area (Å²) in [5.41, 5.74) is 17.0. The number of nitrogens with one attached hydrogen (secondary N) is 1. The highest BCUT2D eigenvalue weighted by atomic mass is 19.1. The fourth-order valence-corrected chi connectivity index (χ4v) is 7.09. The first-order valence-corrected chi connectivity index (χ1v) is 20.9. The first kappa shape index (κ1) is 45.1. The van der Waals surface area contributed by atoms with Crippen LogP contribution in [0.2, 0.25) is 0 Å². The third-order valence-corrected chi connectivity index (χ3v) is 10.2. The van der Waals surface area contributed by atoms with Crippen LogP contribution in [0.25, 0.3) is 33.8 Å². The summed E-state index contributed by atoms with van der Waals surface area (Å²) in [5.74, 6) is 3.96. The molecule has 0 fully saturated rings. The normalized spacial score (nSPS) is 12.8. The number of hydrogen-bond donors (Lipinski definition) is 3. The summed E-state index contributed by atoms with van der Waals surface area (Å²) in [6, 6.07) is 22.1. The van der Waals surface area contributed by atoms with Gasteiger partial charge in [-0.3, -0.25) is 14.7 Å². The van der Waals surface area contributed by atoms with Crippen molar-refractivity contribution >= 4 is 0 Å². The van der Waals surface area contributed by atoms with Gasteiger partial charge in [-0.1, -0.05) is 12.1 Å². The second kappa shape index (κ2) is 21.9. The van der Waals surface area contributed by atoms with Crippen molar-refractivity contribution in [3.8, 4) is 45.3 Å². The van der Waals surface area contributed by atoms with Crippen LogP contribution in [0.3, 0.4) is 0 Å². The van der Waals surface area contributed by atoms with E-state index in [0.717, 1.165) is 70.5 Å². The first-order valence-electron chi connectivity index (χ1n) is 20.9.